The maximum atomic E-state index is 8.12. The van der Waals surface area contributed by atoms with E-state index in [1.165, 1.54) is 0 Å². The molecular formula is C2H5O2P. The zero-order valence-corrected chi connectivity index (χ0v) is 3.76. The predicted octanol–water partition coefficient (Wildman–Crippen LogP) is -0.0922. The zero-order valence-electron chi connectivity index (χ0n) is 3.60. The largest absolute Gasteiger partial charge is 0.373 e. The van der Waals surface area contributed by atoms with Gasteiger partial charge in [0.2, 0.25) is 0 Å². The monoisotopic (exact) mass is 94.0 g/mol. The summed E-state index contributed by atoms with van der Waals surface area (Å²) in [6.45, 7) is 0.417. The van der Waals surface area contributed by atoms with Gasteiger partial charge in [0, 0.05) is 1.37 Å². The van der Waals surface area contributed by atoms with Crippen LogP contribution in [0.4, 0.5) is 0 Å². The van der Waals surface area contributed by atoms with Gasteiger partial charge >= 0.3 is 6.15 Å². The summed E-state index contributed by atoms with van der Waals surface area (Å²) in [6.07, 6.45) is 0.250. The van der Waals surface area contributed by atoms with Gasteiger partial charge in [0.05, 0.1) is 0 Å². The summed E-state index contributed by atoms with van der Waals surface area (Å²) in [6, 6.07) is 0. The minimum absolute atomic E-state index is 0.250. The first kappa shape index (κ1) is 4.81. The SMILES string of the molecule is O=C=O.[3H]CP. The van der Waals surface area contributed by atoms with Crippen molar-refractivity contribution >= 4 is 15.4 Å². The molecule has 0 saturated heterocycles. The number of hydrogen-bond donors (Lipinski definition) is 0. The second-order valence-corrected chi connectivity index (χ2v) is 0.0833. The van der Waals surface area contributed by atoms with E-state index in [0.29, 0.717) is 6.64 Å². The summed E-state index contributed by atoms with van der Waals surface area (Å²) in [5.74, 6) is 0. The van der Waals surface area contributed by atoms with Crippen LogP contribution in [0, 0.1) is 0 Å². The van der Waals surface area contributed by atoms with Gasteiger partial charge in [0.25, 0.3) is 0 Å². The van der Waals surface area contributed by atoms with Gasteiger partial charge in [-0.3, -0.25) is 0 Å². The van der Waals surface area contributed by atoms with Crippen LogP contribution in [0.2, 0.25) is 0 Å². The third kappa shape index (κ3) is 346. The molecule has 0 aliphatic carbocycles. The highest BCUT2D eigenvalue weighted by Gasteiger charge is 1.13. The Labute approximate surface area is 34.2 Å². The van der Waals surface area contributed by atoms with E-state index in [2.05, 4.69) is 9.24 Å². The maximum Gasteiger partial charge on any atom is 0.373 e. The molecule has 0 aromatic rings. The van der Waals surface area contributed by atoms with Gasteiger partial charge in [-0.1, -0.05) is 6.64 Å². The van der Waals surface area contributed by atoms with E-state index in [0.717, 1.165) is 0 Å². The molecule has 0 bridgehead atoms. The van der Waals surface area contributed by atoms with E-state index < -0.39 is 0 Å². The predicted molar refractivity (Wildman–Crippen MR) is 20.6 cm³/mol. The van der Waals surface area contributed by atoms with E-state index in [1.807, 2.05) is 0 Å². The lowest BCUT2D eigenvalue weighted by Gasteiger charge is -1.10. The minimum Gasteiger partial charge on any atom is -0.186 e. The fourth-order valence-electron chi connectivity index (χ4n) is 0. The Morgan fingerprint density at radius 3 is 2.00 bits per heavy atom. The number of hydrogen-bond acceptors (Lipinski definition) is 2. The molecule has 0 aromatic carbocycles. The van der Waals surface area contributed by atoms with Gasteiger partial charge in [-0.05, 0) is 0 Å². The molecule has 0 radical (unpaired) electrons. The first-order chi connectivity index (χ1) is 2.83. The number of rotatable bonds is 0. The smallest absolute Gasteiger partial charge is 0.186 e. The van der Waals surface area contributed by atoms with Crippen molar-refractivity contribution in [3.63, 3.8) is 0 Å². The minimum atomic E-state index is 0.250. The normalized spacial score (nSPS) is 5.40. The van der Waals surface area contributed by atoms with Gasteiger partial charge in [-0.25, -0.2) is 0 Å². The summed E-state index contributed by atoms with van der Waals surface area (Å²) >= 11 is 0. The van der Waals surface area contributed by atoms with Crippen molar-refractivity contribution in [1.82, 2.24) is 0 Å². The van der Waals surface area contributed by atoms with Crippen LogP contribution >= 0.6 is 9.24 Å². The summed E-state index contributed by atoms with van der Waals surface area (Å²) < 4.78 is 6.17. The molecular weight excluding hydrogens is 87.0 g/mol. The third-order valence-electron chi connectivity index (χ3n) is 0. The van der Waals surface area contributed by atoms with Gasteiger partial charge < -0.3 is 0 Å². The molecule has 1 atom stereocenters. The van der Waals surface area contributed by atoms with Crippen LogP contribution in [0.1, 0.15) is 1.37 Å². The van der Waals surface area contributed by atoms with Crippen molar-refractivity contribution < 1.29 is 11.0 Å². The van der Waals surface area contributed by atoms with Crippen molar-refractivity contribution in [2.24, 2.45) is 0 Å². The molecule has 0 amide bonds. The average molecular weight is 94.0 g/mol. The van der Waals surface area contributed by atoms with Crippen LogP contribution in [0.5, 0.6) is 0 Å². The summed E-state index contributed by atoms with van der Waals surface area (Å²) in [5, 5.41) is 0. The number of carbonyl (C=O) groups excluding carboxylic acids is 2. The topological polar surface area (TPSA) is 34.1 Å². The van der Waals surface area contributed by atoms with Crippen LogP contribution in [0.25, 0.3) is 0 Å². The summed E-state index contributed by atoms with van der Waals surface area (Å²) in [4.78, 5) is 16.2. The van der Waals surface area contributed by atoms with Gasteiger partial charge in [-0.2, -0.15) is 9.59 Å². The molecule has 0 heterocycles. The van der Waals surface area contributed by atoms with Crippen LogP contribution in [-0.2, 0) is 9.59 Å². The molecule has 0 aromatic heterocycles. The molecule has 1 unspecified atom stereocenters. The van der Waals surface area contributed by atoms with Crippen molar-refractivity contribution in [1.29, 1.82) is 0 Å². The highest BCUT2D eigenvalue weighted by atomic mass is 31.0. The summed E-state index contributed by atoms with van der Waals surface area (Å²) in [5.41, 5.74) is 0. The molecule has 0 N–H and O–H groups in total. The Morgan fingerprint density at radius 1 is 2.00 bits per heavy atom. The molecule has 0 spiro atoms. The lowest BCUT2D eigenvalue weighted by atomic mass is 11.8. The van der Waals surface area contributed by atoms with Crippen molar-refractivity contribution in [3.05, 3.63) is 0 Å². The van der Waals surface area contributed by atoms with E-state index >= 15 is 0 Å². The second-order valence-electron chi connectivity index (χ2n) is 0.0833. The third-order valence-corrected chi connectivity index (χ3v) is 0. The Bertz CT molecular complexity index is 40.8. The van der Waals surface area contributed by atoms with E-state index in [1.54, 1.807) is 0 Å². The standard InChI is InChI=1S/CO2.CH5P/c2-1-3;1-2/h;2H2,1H3/i;1T. The Balaban J connectivity index is 0. The van der Waals surface area contributed by atoms with Crippen molar-refractivity contribution in [2.75, 3.05) is 6.64 Å². The molecule has 0 saturated carbocycles. The van der Waals surface area contributed by atoms with E-state index in [-0.39, 0.29) is 6.15 Å². The Hall–Kier alpha value is -0.190. The quantitative estimate of drug-likeness (QED) is 0.393. The maximum absolute atomic E-state index is 8.12. The fraction of sp³-hybridized carbons (Fsp3) is 0.500. The summed E-state index contributed by atoms with van der Waals surface area (Å²) in [7, 11) is 2.25. The molecule has 5 heavy (non-hydrogen) atoms. The Morgan fingerprint density at radius 2 is 2.00 bits per heavy atom. The molecule has 0 aliphatic heterocycles. The molecule has 0 rings (SSSR count). The van der Waals surface area contributed by atoms with Crippen molar-refractivity contribution in [2.45, 2.75) is 0 Å². The first-order valence-corrected chi connectivity index (χ1v) is 1.63. The van der Waals surface area contributed by atoms with Gasteiger partial charge in [0.15, 0.2) is 0 Å². The Kier molecular flexibility index (Phi) is 44.1. The van der Waals surface area contributed by atoms with Gasteiger partial charge in [0.1, 0.15) is 0 Å². The second kappa shape index (κ2) is 45.9. The van der Waals surface area contributed by atoms with E-state index in [9.17, 15) is 0 Å². The molecule has 3 heteroatoms. The van der Waals surface area contributed by atoms with Crippen LogP contribution in [0.3, 0.4) is 0 Å². The van der Waals surface area contributed by atoms with Crippen LogP contribution in [0.15, 0.2) is 0 Å². The molecule has 0 fully saturated rings. The van der Waals surface area contributed by atoms with Crippen molar-refractivity contribution in [3.8, 4) is 0 Å². The first-order valence-electron chi connectivity index (χ1n) is 1.52. The van der Waals surface area contributed by atoms with E-state index in [4.69, 9.17) is 11.0 Å². The molecule has 0 aliphatic rings. The lowest BCUT2D eigenvalue weighted by molar-refractivity contribution is -0.191. The van der Waals surface area contributed by atoms with Crippen LogP contribution < -0.4 is 0 Å². The highest BCUT2D eigenvalue weighted by Crippen LogP contribution is 1.46. The molecule has 2 nitrogen and oxygen atoms in total. The zero-order chi connectivity index (χ0) is 5.41. The lowest BCUT2D eigenvalue weighted by Crippen LogP contribution is -1.22. The van der Waals surface area contributed by atoms with Crippen LogP contribution in [-0.4, -0.2) is 12.8 Å². The van der Waals surface area contributed by atoms with Gasteiger partial charge in [-0.15, -0.1) is 9.24 Å². The molecule has 30 valence electrons. The highest BCUT2D eigenvalue weighted by molar-refractivity contribution is 7.15. The average Bonchev–Trinajstić information content (AvgIpc) is 1.39. The fourth-order valence-corrected chi connectivity index (χ4v) is 0.